The Morgan fingerprint density at radius 1 is 0.743 bits per heavy atom. The van der Waals surface area contributed by atoms with Gasteiger partial charge in [-0.05, 0) is 49.9 Å². The van der Waals surface area contributed by atoms with Gasteiger partial charge in [-0.15, -0.1) is 0 Å². The van der Waals surface area contributed by atoms with Crippen LogP contribution in [0.3, 0.4) is 0 Å². The number of imide groups is 1. The third-order valence-corrected chi connectivity index (χ3v) is 8.90. The average molecular weight is 497 g/mol. The summed E-state index contributed by atoms with van der Waals surface area (Å²) >= 11 is 0. The number of fused-ring (bicyclic) bond motifs is 5. The predicted octanol–water partition coefficient (Wildman–Crippen LogP) is 4.74. The van der Waals surface area contributed by atoms with E-state index in [2.05, 4.69) is 0 Å². The second-order valence-electron chi connectivity index (χ2n) is 9.64. The van der Waals surface area contributed by atoms with Crippen LogP contribution in [0, 0.1) is 11.8 Å². The number of carbonyl (C=O) groups is 2. The molecular weight excluding hydrogens is 469 g/mol. The predicted molar refractivity (Wildman–Crippen MR) is 126 cm³/mol. The van der Waals surface area contributed by atoms with Gasteiger partial charge in [0.2, 0.25) is 11.8 Å². The summed E-state index contributed by atoms with van der Waals surface area (Å²) in [5.74, 6) is -0.495. The van der Waals surface area contributed by atoms with E-state index in [4.69, 9.17) is 18.3 Å². The number of amides is 2. The molecular formula is C26H28NO7P. The van der Waals surface area contributed by atoms with Gasteiger partial charge in [-0.25, -0.2) is 4.57 Å². The van der Waals surface area contributed by atoms with Gasteiger partial charge >= 0.3 is 7.82 Å². The van der Waals surface area contributed by atoms with Gasteiger partial charge in [-0.1, -0.05) is 49.2 Å². The van der Waals surface area contributed by atoms with Gasteiger partial charge in [0, 0.05) is 0 Å². The van der Waals surface area contributed by atoms with Crippen LogP contribution in [-0.2, 0) is 23.4 Å². The van der Waals surface area contributed by atoms with E-state index >= 15 is 0 Å². The molecule has 2 amide bonds. The van der Waals surface area contributed by atoms with Crippen molar-refractivity contribution >= 4 is 19.6 Å². The summed E-state index contributed by atoms with van der Waals surface area (Å²) in [6.45, 7) is 0. The molecule has 3 saturated heterocycles. The number of phosphoric ester groups is 1. The fraction of sp³-hybridized carbons (Fsp3) is 0.462. The maximum absolute atomic E-state index is 14.0. The molecule has 3 heterocycles. The van der Waals surface area contributed by atoms with Crippen molar-refractivity contribution in [1.82, 2.24) is 4.90 Å². The van der Waals surface area contributed by atoms with Crippen molar-refractivity contribution in [3.05, 3.63) is 60.7 Å². The highest BCUT2D eigenvalue weighted by molar-refractivity contribution is 7.49. The second-order valence-corrected chi connectivity index (χ2v) is 11.1. The van der Waals surface area contributed by atoms with E-state index in [0.717, 1.165) is 25.7 Å². The summed E-state index contributed by atoms with van der Waals surface area (Å²) in [5, 5.41) is 0. The largest absolute Gasteiger partial charge is 0.587 e. The third-order valence-electron chi connectivity index (χ3n) is 7.50. The summed E-state index contributed by atoms with van der Waals surface area (Å²) in [6.07, 6.45) is 3.43. The number of ether oxygens (including phenoxy) is 1. The number of rotatable bonds is 7. The van der Waals surface area contributed by atoms with Gasteiger partial charge in [0.05, 0.1) is 36.2 Å². The van der Waals surface area contributed by atoms with E-state index in [1.54, 1.807) is 48.5 Å². The van der Waals surface area contributed by atoms with Crippen LogP contribution in [0.15, 0.2) is 60.7 Å². The van der Waals surface area contributed by atoms with Crippen LogP contribution in [0.1, 0.15) is 38.5 Å². The zero-order chi connectivity index (χ0) is 24.0. The first kappa shape index (κ1) is 22.8. The van der Waals surface area contributed by atoms with E-state index < -0.39 is 31.8 Å². The van der Waals surface area contributed by atoms with Crippen LogP contribution in [0.4, 0.5) is 0 Å². The molecule has 2 aromatic rings. The summed E-state index contributed by atoms with van der Waals surface area (Å²) in [6, 6.07) is 16.9. The maximum atomic E-state index is 14.0. The van der Waals surface area contributed by atoms with Crippen LogP contribution in [0.5, 0.6) is 11.5 Å². The molecule has 0 N–H and O–H groups in total. The molecule has 4 aliphatic rings. The minimum atomic E-state index is -4.16. The number of hydrogen-bond donors (Lipinski definition) is 0. The van der Waals surface area contributed by atoms with Crippen molar-refractivity contribution in [1.29, 1.82) is 0 Å². The molecule has 0 radical (unpaired) electrons. The minimum Gasteiger partial charge on any atom is -0.395 e. The van der Waals surface area contributed by atoms with Gasteiger partial charge in [0.25, 0.3) is 0 Å². The number of phosphoric acid groups is 1. The summed E-state index contributed by atoms with van der Waals surface area (Å²) in [7, 11) is -4.16. The normalized spacial score (nSPS) is 32.1. The lowest BCUT2D eigenvalue weighted by atomic mass is 9.81. The maximum Gasteiger partial charge on any atom is 0.587 e. The standard InChI is InChI=1S/C26H28NO7P/c28-25-23-21-15-16-22(31-21)24(23)26(29)27(25)19-13-7-8-14-20(19)34-35(30,32-17-9-3-1-4-10-17)33-18-11-5-2-6-12-18/h1-6,9-12,19-24H,7-8,13-16H2/t19-,20-,21-,22+,23-,24+/m0/s1. The van der Waals surface area contributed by atoms with E-state index in [9.17, 15) is 14.2 Å². The number of carbonyl (C=O) groups excluding carboxylic acids is 2. The molecule has 2 aromatic carbocycles. The van der Waals surface area contributed by atoms with Crippen molar-refractivity contribution in [2.24, 2.45) is 11.8 Å². The Morgan fingerprint density at radius 2 is 1.26 bits per heavy atom. The van der Waals surface area contributed by atoms with Gasteiger partial charge in [-0.3, -0.25) is 19.0 Å². The first-order chi connectivity index (χ1) is 17.0. The van der Waals surface area contributed by atoms with E-state index in [1.165, 1.54) is 4.90 Å². The lowest BCUT2D eigenvalue weighted by Crippen LogP contribution is -2.50. The second kappa shape index (κ2) is 9.08. The zero-order valence-corrected chi connectivity index (χ0v) is 20.1. The van der Waals surface area contributed by atoms with Crippen LogP contribution >= 0.6 is 7.82 Å². The number of benzene rings is 2. The summed E-state index contributed by atoms with van der Waals surface area (Å²) < 4.78 is 37.6. The topological polar surface area (TPSA) is 91.4 Å². The van der Waals surface area contributed by atoms with Gasteiger partial charge in [-0.2, -0.15) is 0 Å². The molecule has 3 aliphatic heterocycles. The summed E-state index contributed by atoms with van der Waals surface area (Å²) in [5.41, 5.74) is 0. The van der Waals surface area contributed by atoms with Gasteiger partial charge in [0.1, 0.15) is 11.5 Å². The molecule has 0 spiro atoms. The van der Waals surface area contributed by atoms with Crippen LogP contribution in [0.2, 0.25) is 0 Å². The first-order valence-electron chi connectivity index (χ1n) is 12.3. The quantitative estimate of drug-likeness (QED) is 0.403. The molecule has 2 bridgehead atoms. The molecule has 184 valence electrons. The van der Waals surface area contributed by atoms with Gasteiger partial charge < -0.3 is 13.8 Å². The fourth-order valence-electron chi connectivity index (χ4n) is 6.01. The SMILES string of the molecule is O=C1[C@@H]2[C@H](C(=O)N1[C@H]1CCCC[C@@H]1OP(=O)(Oc1ccccc1)Oc1ccccc1)[C@H]1CC[C@@H]2O1. The Kier molecular flexibility index (Phi) is 5.91. The Labute approximate surface area is 204 Å². The Morgan fingerprint density at radius 3 is 1.80 bits per heavy atom. The summed E-state index contributed by atoms with van der Waals surface area (Å²) in [4.78, 5) is 28.2. The van der Waals surface area contributed by atoms with Crippen LogP contribution in [0.25, 0.3) is 0 Å². The van der Waals surface area contributed by atoms with Crippen molar-refractivity contribution in [3.8, 4) is 11.5 Å². The van der Waals surface area contributed by atoms with Crippen molar-refractivity contribution in [2.45, 2.75) is 62.9 Å². The third kappa shape index (κ3) is 4.18. The number of para-hydroxylation sites is 2. The van der Waals surface area contributed by atoms with Crippen molar-refractivity contribution in [3.63, 3.8) is 0 Å². The van der Waals surface area contributed by atoms with Crippen LogP contribution in [-0.4, -0.2) is 41.1 Å². The van der Waals surface area contributed by atoms with Crippen molar-refractivity contribution in [2.75, 3.05) is 0 Å². The smallest absolute Gasteiger partial charge is 0.395 e. The monoisotopic (exact) mass is 497 g/mol. The average Bonchev–Trinajstić information content (AvgIpc) is 3.54. The molecule has 1 aliphatic carbocycles. The van der Waals surface area contributed by atoms with E-state index in [-0.39, 0.29) is 24.0 Å². The number of hydrogen-bond acceptors (Lipinski definition) is 7. The first-order valence-corrected chi connectivity index (χ1v) is 13.8. The highest BCUT2D eigenvalue weighted by Crippen LogP contribution is 2.54. The van der Waals surface area contributed by atoms with E-state index in [1.807, 2.05) is 12.1 Å². The molecule has 1 saturated carbocycles. The minimum absolute atomic E-state index is 0.177. The number of nitrogens with zero attached hydrogens (tertiary/aromatic N) is 1. The molecule has 9 heteroatoms. The molecule has 0 aromatic heterocycles. The lowest BCUT2D eigenvalue weighted by Gasteiger charge is -2.37. The molecule has 4 fully saturated rings. The molecule has 8 nitrogen and oxygen atoms in total. The fourth-order valence-corrected chi connectivity index (χ4v) is 7.47. The Balaban J connectivity index is 1.27. The molecule has 35 heavy (non-hydrogen) atoms. The highest BCUT2D eigenvalue weighted by Gasteiger charge is 2.64. The zero-order valence-electron chi connectivity index (χ0n) is 19.2. The molecule has 6 atom stereocenters. The molecule has 6 rings (SSSR count). The van der Waals surface area contributed by atoms with Crippen LogP contribution < -0.4 is 9.05 Å². The van der Waals surface area contributed by atoms with E-state index in [0.29, 0.717) is 24.3 Å². The van der Waals surface area contributed by atoms with Crippen molar-refractivity contribution < 1.29 is 32.5 Å². The highest BCUT2D eigenvalue weighted by atomic mass is 31.2. The number of likely N-dealkylation sites (tertiary alicyclic amines) is 1. The molecule has 0 unspecified atom stereocenters. The lowest BCUT2D eigenvalue weighted by molar-refractivity contribution is -0.149. The Bertz CT molecular complexity index is 1070. The van der Waals surface area contributed by atoms with Gasteiger partial charge in [0.15, 0.2) is 0 Å². The Hall–Kier alpha value is -2.67.